The lowest BCUT2D eigenvalue weighted by molar-refractivity contribution is 0.0631. The molecule has 0 unspecified atom stereocenters. The molecule has 1 aliphatic rings. The van der Waals surface area contributed by atoms with Crippen molar-refractivity contribution in [1.82, 2.24) is 15.1 Å². The van der Waals surface area contributed by atoms with E-state index in [4.69, 9.17) is 4.42 Å². The molecule has 1 aromatic heterocycles. The van der Waals surface area contributed by atoms with Crippen LogP contribution >= 0.6 is 0 Å². The van der Waals surface area contributed by atoms with Gasteiger partial charge in [0.25, 0.3) is 17.7 Å². The minimum atomic E-state index is -0.413. The lowest BCUT2D eigenvalue weighted by Gasteiger charge is -2.11. The summed E-state index contributed by atoms with van der Waals surface area (Å²) in [6.07, 6.45) is 2.32. The number of hydrogen-bond acceptors (Lipinski definition) is 5. The third-order valence-electron chi connectivity index (χ3n) is 4.19. The molecule has 1 aliphatic heterocycles. The minimum Gasteiger partial charge on any atom is -0.467 e. The van der Waals surface area contributed by atoms with Crippen molar-refractivity contribution in [3.63, 3.8) is 0 Å². The van der Waals surface area contributed by atoms with Gasteiger partial charge in [0.15, 0.2) is 0 Å². The second-order valence-corrected chi connectivity index (χ2v) is 6.45. The van der Waals surface area contributed by atoms with Gasteiger partial charge in [-0.1, -0.05) is 0 Å². The van der Waals surface area contributed by atoms with Gasteiger partial charge in [0.05, 0.1) is 23.9 Å². The van der Waals surface area contributed by atoms with Crippen LogP contribution in [-0.4, -0.2) is 54.7 Å². The third-order valence-corrected chi connectivity index (χ3v) is 4.19. The Kier molecular flexibility index (Phi) is 5.18. The SMILES string of the molecule is CN(C)CCCNC(=O)c1ccc2c(c1)C(=O)N(Cc1ccco1)C2=O. The van der Waals surface area contributed by atoms with Crippen LogP contribution in [0.15, 0.2) is 41.0 Å². The quantitative estimate of drug-likeness (QED) is 0.604. The second kappa shape index (κ2) is 7.53. The van der Waals surface area contributed by atoms with Gasteiger partial charge in [-0.25, -0.2) is 0 Å². The minimum absolute atomic E-state index is 0.0748. The summed E-state index contributed by atoms with van der Waals surface area (Å²) in [6, 6.07) is 8.00. The molecule has 26 heavy (non-hydrogen) atoms. The van der Waals surface area contributed by atoms with Crippen molar-refractivity contribution in [3.8, 4) is 0 Å². The van der Waals surface area contributed by atoms with E-state index in [0.717, 1.165) is 17.9 Å². The molecule has 7 heteroatoms. The maximum absolute atomic E-state index is 12.6. The first kappa shape index (κ1) is 17.9. The molecule has 0 saturated heterocycles. The molecule has 136 valence electrons. The zero-order chi connectivity index (χ0) is 18.7. The van der Waals surface area contributed by atoms with Gasteiger partial charge < -0.3 is 14.6 Å². The molecular formula is C19H21N3O4. The number of nitrogens with zero attached hydrogens (tertiary/aromatic N) is 2. The highest BCUT2D eigenvalue weighted by molar-refractivity contribution is 6.21. The number of fused-ring (bicyclic) bond motifs is 1. The number of rotatable bonds is 7. The molecule has 1 aromatic carbocycles. The number of amides is 3. The zero-order valence-corrected chi connectivity index (χ0v) is 14.8. The van der Waals surface area contributed by atoms with Crippen LogP contribution in [0, 0.1) is 0 Å². The molecule has 0 spiro atoms. The first-order chi connectivity index (χ1) is 12.5. The van der Waals surface area contributed by atoms with Crippen molar-refractivity contribution >= 4 is 17.7 Å². The number of carbonyl (C=O) groups excluding carboxylic acids is 3. The first-order valence-corrected chi connectivity index (χ1v) is 8.43. The van der Waals surface area contributed by atoms with E-state index in [1.165, 1.54) is 18.4 Å². The number of benzene rings is 1. The summed E-state index contributed by atoms with van der Waals surface area (Å²) < 4.78 is 5.21. The van der Waals surface area contributed by atoms with Gasteiger partial charge in [-0.15, -0.1) is 0 Å². The average molecular weight is 355 g/mol. The van der Waals surface area contributed by atoms with Gasteiger partial charge in [0, 0.05) is 12.1 Å². The van der Waals surface area contributed by atoms with Crippen molar-refractivity contribution in [2.75, 3.05) is 27.2 Å². The van der Waals surface area contributed by atoms with Crippen LogP contribution < -0.4 is 5.32 Å². The van der Waals surface area contributed by atoms with Gasteiger partial charge in [0.1, 0.15) is 5.76 Å². The van der Waals surface area contributed by atoms with Crippen LogP contribution in [0.25, 0.3) is 0 Å². The van der Waals surface area contributed by atoms with E-state index in [1.54, 1.807) is 18.2 Å². The van der Waals surface area contributed by atoms with E-state index in [0.29, 0.717) is 23.4 Å². The average Bonchev–Trinajstić information content (AvgIpc) is 3.21. The van der Waals surface area contributed by atoms with Gasteiger partial charge in [-0.05, 0) is 57.4 Å². The fourth-order valence-electron chi connectivity index (χ4n) is 2.83. The molecule has 3 amide bonds. The smallest absolute Gasteiger partial charge is 0.261 e. The first-order valence-electron chi connectivity index (χ1n) is 8.43. The molecule has 0 atom stereocenters. The highest BCUT2D eigenvalue weighted by atomic mass is 16.3. The van der Waals surface area contributed by atoms with Crippen LogP contribution in [0.4, 0.5) is 0 Å². The number of imide groups is 1. The Morgan fingerprint density at radius 1 is 1.15 bits per heavy atom. The van der Waals surface area contributed by atoms with Crippen molar-refractivity contribution < 1.29 is 18.8 Å². The third kappa shape index (κ3) is 3.67. The van der Waals surface area contributed by atoms with Crippen LogP contribution in [0.3, 0.4) is 0 Å². The second-order valence-electron chi connectivity index (χ2n) is 6.45. The van der Waals surface area contributed by atoms with E-state index in [-0.39, 0.29) is 23.9 Å². The molecule has 3 rings (SSSR count). The summed E-state index contributed by atoms with van der Waals surface area (Å²) in [5.41, 5.74) is 0.933. The molecule has 2 aromatic rings. The largest absolute Gasteiger partial charge is 0.467 e. The summed E-state index contributed by atoms with van der Waals surface area (Å²) in [7, 11) is 3.94. The monoisotopic (exact) mass is 355 g/mol. The zero-order valence-electron chi connectivity index (χ0n) is 14.8. The highest BCUT2D eigenvalue weighted by Crippen LogP contribution is 2.25. The van der Waals surface area contributed by atoms with Gasteiger partial charge in [0.2, 0.25) is 0 Å². The Hall–Kier alpha value is -2.93. The predicted molar refractivity (Wildman–Crippen MR) is 94.9 cm³/mol. The lowest BCUT2D eigenvalue weighted by atomic mass is 10.1. The fraction of sp³-hybridized carbons (Fsp3) is 0.316. The topological polar surface area (TPSA) is 82.9 Å². The molecule has 0 bridgehead atoms. The Labute approximate surface area is 151 Å². The van der Waals surface area contributed by atoms with Crippen LogP contribution in [0.2, 0.25) is 0 Å². The molecule has 0 fully saturated rings. The summed E-state index contributed by atoms with van der Waals surface area (Å²) in [6.45, 7) is 1.50. The maximum atomic E-state index is 12.6. The van der Waals surface area contributed by atoms with E-state index >= 15 is 0 Å². The molecule has 2 heterocycles. The Bertz CT molecular complexity index is 827. The Morgan fingerprint density at radius 2 is 1.92 bits per heavy atom. The Balaban J connectivity index is 1.70. The Morgan fingerprint density at radius 3 is 2.62 bits per heavy atom. The van der Waals surface area contributed by atoms with Crippen LogP contribution in [-0.2, 0) is 6.54 Å². The summed E-state index contributed by atoms with van der Waals surface area (Å²) in [5, 5.41) is 2.83. The number of carbonyl (C=O) groups is 3. The number of hydrogen-bond donors (Lipinski definition) is 1. The molecule has 0 radical (unpaired) electrons. The highest BCUT2D eigenvalue weighted by Gasteiger charge is 2.36. The van der Waals surface area contributed by atoms with E-state index in [2.05, 4.69) is 5.32 Å². The molecule has 7 nitrogen and oxygen atoms in total. The van der Waals surface area contributed by atoms with Crippen molar-refractivity contribution in [2.45, 2.75) is 13.0 Å². The van der Waals surface area contributed by atoms with Crippen molar-refractivity contribution in [2.24, 2.45) is 0 Å². The predicted octanol–water partition coefficient (Wildman–Crippen LogP) is 1.76. The standard InChI is InChI=1S/C19H21N3O4/c1-21(2)9-4-8-20-17(23)13-6-7-15-16(11-13)19(25)22(18(15)24)12-14-5-3-10-26-14/h3,5-7,10-11H,4,8-9,12H2,1-2H3,(H,20,23). The molecule has 0 saturated carbocycles. The van der Waals surface area contributed by atoms with Gasteiger partial charge in [-0.2, -0.15) is 0 Å². The summed E-state index contributed by atoms with van der Waals surface area (Å²) >= 11 is 0. The van der Waals surface area contributed by atoms with E-state index < -0.39 is 5.91 Å². The molecule has 1 N–H and O–H groups in total. The van der Waals surface area contributed by atoms with Gasteiger partial charge >= 0.3 is 0 Å². The normalized spacial score (nSPS) is 13.4. The number of furan rings is 1. The molecule has 0 aliphatic carbocycles. The van der Waals surface area contributed by atoms with Crippen molar-refractivity contribution in [3.05, 3.63) is 59.0 Å². The fourth-order valence-corrected chi connectivity index (χ4v) is 2.83. The van der Waals surface area contributed by atoms with Crippen LogP contribution in [0.5, 0.6) is 0 Å². The maximum Gasteiger partial charge on any atom is 0.261 e. The van der Waals surface area contributed by atoms with E-state index in [9.17, 15) is 14.4 Å². The van der Waals surface area contributed by atoms with E-state index in [1.807, 2.05) is 19.0 Å². The summed E-state index contributed by atoms with van der Waals surface area (Å²) in [4.78, 5) is 40.5. The van der Waals surface area contributed by atoms with Gasteiger partial charge in [-0.3, -0.25) is 19.3 Å². The number of nitrogens with one attached hydrogen (secondary N) is 1. The van der Waals surface area contributed by atoms with Crippen molar-refractivity contribution in [1.29, 1.82) is 0 Å². The lowest BCUT2D eigenvalue weighted by Crippen LogP contribution is -2.29. The van der Waals surface area contributed by atoms with Crippen LogP contribution in [0.1, 0.15) is 43.3 Å². The summed E-state index contributed by atoms with van der Waals surface area (Å²) in [5.74, 6) is -0.516. The molecular weight excluding hydrogens is 334 g/mol.